The number of aromatic nitrogens is 1. The molecule has 0 amide bonds. The van der Waals surface area contributed by atoms with Gasteiger partial charge in [0.05, 0.1) is 13.2 Å². The number of nitrogens with zero attached hydrogens (tertiary/aromatic N) is 2. The summed E-state index contributed by atoms with van der Waals surface area (Å²) in [7, 11) is 1.81. The molecule has 2 aromatic carbocycles. The summed E-state index contributed by atoms with van der Waals surface area (Å²) in [5.41, 5.74) is 5.00. The molecule has 3 N–H and O–H groups in total. The number of H-pyrrole nitrogens is 1. The number of morpholine rings is 1. The standard InChI is InChI=1S/C24H30ClN5O/c1-26-24(27-9-8-19-16-28-23-7-6-21(25)14-22(19)23)29-15-18-4-2-3-5-20(18)17-30-10-12-31-13-11-30/h2-7,14,16,28H,8-13,15,17H2,1H3,(H2,26,27,29). The van der Waals surface area contributed by atoms with E-state index >= 15 is 0 Å². The molecule has 0 bridgehead atoms. The van der Waals surface area contributed by atoms with Crippen LogP contribution in [0.15, 0.2) is 53.7 Å². The van der Waals surface area contributed by atoms with E-state index in [2.05, 4.69) is 56.0 Å². The fourth-order valence-electron chi connectivity index (χ4n) is 3.96. The zero-order chi connectivity index (χ0) is 21.5. The summed E-state index contributed by atoms with van der Waals surface area (Å²) in [5, 5.41) is 8.81. The Balaban J connectivity index is 1.30. The van der Waals surface area contributed by atoms with E-state index in [1.807, 2.05) is 18.2 Å². The van der Waals surface area contributed by atoms with E-state index in [1.54, 1.807) is 7.05 Å². The van der Waals surface area contributed by atoms with E-state index < -0.39 is 0 Å². The normalized spacial score (nSPS) is 15.4. The SMILES string of the molecule is CN=C(NCCc1c[nH]c2ccc(Cl)cc12)NCc1ccccc1CN1CCOCC1. The zero-order valence-electron chi connectivity index (χ0n) is 18.0. The highest BCUT2D eigenvalue weighted by molar-refractivity contribution is 6.31. The number of aromatic amines is 1. The van der Waals surface area contributed by atoms with Crippen LogP contribution in [0.2, 0.25) is 5.02 Å². The quantitative estimate of drug-likeness (QED) is 0.389. The minimum Gasteiger partial charge on any atom is -0.379 e. The number of nitrogens with one attached hydrogen (secondary N) is 3. The predicted octanol–water partition coefficient (Wildman–Crippen LogP) is 3.56. The van der Waals surface area contributed by atoms with E-state index in [4.69, 9.17) is 16.3 Å². The average Bonchev–Trinajstić information content (AvgIpc) is 3.19. The molecule has 0 unspecified atom stereocenters. The van der Waals surface area contributed by atoms with Gasteiger partial charge < -0.3 is 20.4 Å². The number of rotatable bonds is 7. The number of hydrogen-bond acceptors (Lipinski definition) is 3. The maximum absolute atomic E-state index is 6.16. The van der Waals surface area contributed by atoms with Crippen molar-refractivity contribution in [3.63, 3.8) is 0 Å². The molecule has 1 fully saturated rings. The van der Waals surface area contributed by atoms with E-state index in [9.17, 15) is 0 Å². The average molecular weight is 440 g/mol. The van der Waals surface area contributed by atoms with Crippen molar-refractivity contribution in [1.82, 2.24) is 20.5 Å². The number of guanidine groups is 1. The van der Waals surface area contributed by atoms with Gasteiger partial charge in [0.2, 0.25) is 0 Å². The van der Waals surface area contributed by atoms with Gasteiger partial charge in [0.15, 0.2) is 5.96 Å². The van der Waals surface area contributed by atoms with Gasteiger partial charge in [-0.1, -0.05) is 35.9 Å². The lowest BCUT2D eigenvalue weighted by Crippen LogP contribution is -2.38. The molecule has 31 heavy (non-hydrogen) atoms. The number of aliphatic imine (C=N–C) groups is 1. The fourth-order valence-corrected chi connectivity index (χ4v) is 4.13. The summed E-state index contributed by atoms with van der Waals surface area (Å²) in [6, 6.07) is 14.5. The largest absolute Gasteiger partial charge is 0.379 e. The minimum absolute atomic E-state index is 0.739. The van der Waals surface area contributed by atoms with Crippen LogP contribution in [0, 0.1) is 0 Å². The van der Waals surface area contributed by atoms with E-state index in [0.717, 1.165) is 68.9 Å². The Morgan fingerprint density at radius 3 is 2.71 bits per heavy atom. The lowest BCUT2D eigenvalue weighted by Gasteiger charge is -2.27. The molecule has 1 aliphatic rings. The minimum atomic E-state index is 0.739. The maximum atomic E-state index is 6.16. The van der Waals surface area contributed by atoms with Crippen LogP contribution in [0.1, 0.15) is 16.7 Å². The fraction of sp³-hybridized carbons (Fsp3) is 0.375. The topological polar surface area (TPSA) is 64.7 Å². The first-order valence-electron chi connectivity index (χ1n) is 10.8. The molecular formula is C24H30ClN5O. The van der Waals surface area contributed by atoms with E-state index in [-0.39, 0.29) is 0 Å². The van der Waals surface area contributed by atoms with Crippen LogP contribution in [0.25, 0.3) is 10.9 Å². The Kier molecular flexibility index (Phi) is 7.46. The van der Waals surface area contributed by atoms with Gasteiger partial charge in [0.25, 0.3) is 0 Å². The van der Waals surface area contributed by atoms with Crippen LogP contribution in [-0.2, 0) is 24.2 Å². The first-order chi connectivity index (χ1) is 15.2. The van der Waals surface area contributed by atoms with Crippen LogP contribution in [0.3, 0.4) is 0 Å². The summed E-state index contributed by atoms with van der Waals surface area (Å²) in [6.07, 6.45) is 2.94. The van der Waals surface area contributed by atoms with Gasteiger partial charge in [0, 0.05) is 61.9 Å². The number of halogens is 1. The lowest BCUT2D eigenvalue weighted by molar-refractivity contribution is 0.0341. The third kappa shape index (κ3) is 5.79. The van der Waals surface area contributed by atoms with Crippen LogP contribution >= 0.6 is 11.6 Å². The van der Waals surface area contributed by atoms with Crippen molar-refractivity contribution in [3.05, 3.63) is 70.4 Å². The molecule has 1 aliphatic heterocycles. The third-order valence-corrected chi connectivity index (χ3v) is 5.94. The molecular weight excluding hydrogens is 410 g/mol. The molecule has 0 atom stereocenters. The molecule has 2 heterocycles. The number of ether oxygens (including phenoxy) is 1. The summed E-state index contributed by atoms with van der Waals surface area (Å²) < 4.78 is 5.47. The van der Waals surface area contributed by atoms with Crippen LogP contribution in [0.4, 0.5) is 0 Å². The zero-order valence-corrected chi connectivity index (χ0v) is 18.7. The molecule has 1 saturated heterocycles. The molecule has 0 spiro atoms. The Labute approximate surface area is 188 Å². The van der Waals surface area contributed by atoms with Gasteiger partial charge in [-0.15, -0.1) is 0 Å². The van der Waals surface area contributed by atoms with Gasteiger partial charge in [-0.2, -0.15) is 0 Å². The maximum Gasteiger partial charge on any atom is 0.191 e. The van der Waals surface area contributed by atoms with Crippen molar-refractivity contribution in [1.29, 1.82) is 0 Å². The first-order valence-corrected chi connectivity index (χ1v) is 11.2. The van der Waals surface area contributed by atoms with E-state index in [0.29, 0.717) is 0 Å². The Morgan fingerprint density at radius 2 is 1.90 bits per heavy atom. The van der Waals surface area contributed by atoms with E-state index in [1.165, 1.54) is 22.1 Å². The highest BCUT2D eigenvalue weighted by Crippen LogP contribution is 2.22. The molecule has 1 aromatic heterocycles. The summed E-state index contributed by atoms with van der Waals surface area (Å²) in [5.74, 6) is 0.805. The predicted molar refractivity (Wildman–Crippen MR) is 128 cm³/mol. The second-order valence-electron chi connectivity index (χ2n) is 7.76. The summed E-state index contributed by atoms with van der Waals surface area (Å²) in [4.78, 5) is 10.1. The first kappa shape index (κ1) is 21.7. The lowest BCUT2D eigenvalue weighted by atomic mass is 10.1. The van der Waals surface area contributed by atoms with Gasteiger partial charge >= 0.3 is 0 Å². The van der Waals surface area contributed by atoms with Crippen molar-refractivity contribution in [2.75, 3.05) is 39.9 Å². The highest BCUT2D eigenvalue weighted by atomic mass is 35.5. The summed E-state index contributed by atoms with van der Waals surface area (Å²) in [6.45, 7) is 6.10. The highest BCUT2D eigenvalue weighted by Gasteiger charge is 2.13. The van der Waals surface area contributed by atoms with Crippen molar-refractivity contribution in [3.8, 4) is 0 Å². The second-order valence-corrected chi connectivity index (χ2v) is 8.20. The number of benzene rings is 2. The van der Waals surface area contributed by atoms with Crippen LogP contribution < -0.4 is 10.6 Å². The Hall–Kier alpha value is -2.54. The monoisotopic (exact) mass is 439 g/mol. The second kappa shape index (κ2) is 10.7. The number of fused-ring (bicyclic) bond motifs is 1. The van der Waals surface area contributed by atoms with Crippen molar-refractivity contribution in [2.45, 2.75) is 19.5 Å². The molecule has 0 radical (unpaired) electrons. The Bertz CT molecular complexity index is 1030. The van der Waals surface area contributed by atoms with Gasteiger partial charge in [-0.3, -0.25) is 9.89 Å². The Morgan fingerprint density at radius 1 is 1.10 bits per heavy atom. The third-order valence-electron chi connectivity index (χ3n) is 5.70. The molecule has 0 aliphatic carbocycles. The van der Waals surface area contributed by atoms with Gasteiger partial charge in [-0.05, 0) is 41.3 Å². The van der Waals surface area contributed by atoms with Crippen LogP contribution in [0.5, 0.6) is 0 Å². The van der Waals surface area contributed by atoms with Gasteiger partial charge in [-0.25, -0.2) is 0 Å². The molecule has 0 saturated carbocycles. The molecule has 4 rings (SSSR count). The molecule has 6 nitrogen and oxygen atoms in total. The van der Waals surface area contributed by atoms with Gasteiger partial charge in [0.1, 0.15) is 0 Å². The van der Waals surface area contributed by atoms with Crippen LogP contribution in [-0.4, -0.2) is 55.7 Å². The molecule has 3 aromatic rings. The number of hydrogen-bond donors (Lipinski definition) is 3. The smallest absolute Gasteiger partial charge is 0.191 e. The van der Waals surface area contributed by atoms with Crippen molar-refractivity contribution >= 4 is 28.5 Å². The summed E-state index contributed by atoms with van der Waals surface area (Å²) >= 11 is 6.16. The van der Waals surface area contributed by atoms with Crippen molar-refractivity contribution in [2.24, 2.45) is 4.99 Å². The molecule has 164 valence electrons. The molecule has 7 heteroatoms. The van der Waals surface area contributed by atoms with Crippen molar-refractivity contribution < 1.29 is 4.74 Å².